The van der Waals surface area contributed by atoms with Crippen LogP contribution in [0.1, 0.15) is 72.6 Å². The minimum Gasteiger partial charge on any atom is -0.453 e. The molecule has 0 aliphatic carbocycles. The maximum Gasteiger partial charge on any atom is 0.407 e. The van der Waals surface area contributed by atoms with Gasteiger partial charge in [0.25, 0.3) is 5.91 Å². The Bertz CT molecular complexity index is 2340. The van der Waals surface area contributed by atoms with Crippen molar-refractivity contribution < 1.29 is 19.1 Å². The Kier molecular flexibility index (Phi) is 11.1. The number of nitrogens with one attached hydrogen (secondary N) is 3. The molecule has 0 radical (unpaired) electrons. The van der Waals surface area contributed by atoms with Crippen LogP contribution in [0.25, 0.3) is 33.8 Å². The number of carbonyl (C=O) groups excluding carboxylic acids is 3. The predicted molar refractivity (Wildman–Crippen MR) is 220 cm³/mol. The minimum atomic E-state index is -0.877. The second-order valence-corrected chi connectivity index (χ2v) is 15.0. The molecule has 3 N–H and O–H groups in total. The molecule has 6 aromatic rings. The van der Waals surface area contributed by atoms with Crippen LogP contribution in [0.4, 0.5) is 4.79 Å². The van der Waals surface area contributed by atoms with E-state index in [4.69, 9.17) is 19.7 Å². The van der Waals surface area contributed by atoms with Gasteiger partial charge in [0, 0.05) is 30.4 Å². The van der Waals surface area contributed by atoms with Crippen molar-refractivity contribution in [3.8, 4) is 33.8 Å². The van der Waals surface area contributed by atoms with Gasteiger partial charge in [-0.2, -0.15) is 0 Å². The number of alkyl carbamates (subject to hydrolysis) is 1. The first kappa shape index (κ1) is 38.3. The number of amides is 3. The molecule has 0 saturated carbocycles. The zero-order valence-electron chi connectivity index (χ0n) is 32.8. The molecule has 2 fully saturated rings. The van der Waals surface area contributed by atoms with E-state index in [1.165, 1.54) is 7.11 Å². The molecule has 2 aliphatic heterocycles. The van der Waals surface area contributed by atoms with Gasteiger partial charge in [-0.1, -0.05) is 84.9 Å². The number of rotatable bonds is 11. The van der Waals surface area contributed by atoms with Crippen molar-refractivity contribution in [2.75, 3.05) is 34.3 Å². The van der Waals surface area contributed by atoms with Gasteiger partial charge in [0.05, 0.1) is 48.7 Å². The van der Waals surface area contributed by atoms with Gasteiger partial charge in [0.1, 0.15) is 23.7 Å². The van der Waals surface area contributed by atoms with E-state index < -0.39 is 12.1 Å². The average molecular weight is 778 g/mol. The lowest BCUT2D eigenvalue weighted by atomic mass is 10.0. The van der Waals surface area contributed by atoms with Gasteiger partial charge < -0.3 is 29.8 Å². The smallest absolute Gasteiger partial charge is 0.407 e. The molecule has 3 amide bonds. The van der Waals surface area contributed by atoms with E-state index in [-0.39, 0.29) is 29.9 Å². The molecule has 5 heterocycles. The summed E-state index contributed by atoms with van der Waals surface area (Å²) < 4.78 is 4.83. The zero-order valence-corrected chi connectivity index (χ0v) is 32.8. The highest BCUT2D eigenvalue weighted by molar-refractivity contribution is 5.87. The number of benzene rings is 3. The molecule has 58 heavy (non-hydrogen) atoms. The summed E-state index contributed by atoms with van der Waals surface area (Å²) in [5.41, 5.74) is 7.01. The van der Waals surface area contributed by atoms with Crippen LogP contribution in [-0.2, 0) is 14.3 Å². The number of aromatic amines is 2. The third-order valence-electron chi connectivity index (χ3n) is 11.2. The van der Waals surface area contributed by atoms with Gasteiger partial charge in [-0.25, -0.2) is 14.8 Å². The van der Waals surface area contributed by atoms with Crippen molar-refractivity contribution >= 4 is 17.9 Å². The molecule has 0 unspecified atom stereocenters. The van der Waals surface area contributed by atoms with Crippen LogP contribution in [0, 0.1) is 0 Å². The van der Waals surface area contributed by atoms with Crippen LogP contribution in [0.15, 0.2) is 116 Å². The Hall–Kier alpha value is -6.60. The Morgan fingerprint density at radius 2 is 1.21 bits per heavy atom. The molecule has 3 aromatic heterocycles. The molecule has 2 aliphatic rings. The standard InChI is InChI=1S/C45H47N9O4/c1-52(2)40(32-14-8-5-9-15-32)44(56)54-25-11-17-38(54)42-48-28-36(50-42)33-22-23-34(46-26-33)29-18-20-30(21-19-29)35-27-47-41(49-35)37-16-10-24-53(37)43(55)39(51-45(57)58-3)31-12-6-4-7-13-31/h4-9,12-15,18-23,26-28,37-40H,10-11,16-17,24-25H2,1-3H3,(H,47,49)(H,48,50)(H,51,57)/t37-,38-,39-,40+/m0/s1. The fourth-order valence-corrected chi connectivity index (χ4v) is 8.21. The number of methoxy groups -OCH3 is 1. The Balaban J connectivity index is 0.929. The monoisotopic (exact) mass is 777 g/mol. The lowest BCUT2D eigenvalue weighted by molar-refractivity contribution is -0.137. The zero-order chi connectivity index (χ0) is 40.2. The van der Waals surface area contributed by atoms with Crippen LogP contribution in [0.3, 0.4) is 0 Å². The number of likely N-dealkylation sites (N-methyl/N-ethyl adjacent to an activating group) is 1. The number of aromatic nitrogens is 5. The van der Waals surface area contributed by atoms with Crippen LogP contribution >= 0.6 is 0 Å². The number of carbonyl (C=O) groups is 3. The fourth-order valence-electron chi connectivity index (χ4n) is 8.21. The largest absolute Gasteiger partial charge is 0.453 e. The number of likely N-dealkylation sites (tertiary alicyclic amines) is 2. The SMILES string of the molecule is COC(=O)N[C@H](C(=O)N1CCC[C@H]1c1ncc(-c2ccc(-c3ccc(-c4cnc([C@@H]5CCCN5C(=O)[C@@H](c5ccccc5)N(C)C)[nH]4)cn3)cc2)[nH]1)c1ccccc1. The van der Waals surface area contributed by atoms with Crippen molar-refractivity contribution in [1.29, 1.82) is 0 Å². The fraction of sp³-hybridized carbons (Fsp3) is 0.289. The third-order valence-corrected chi connectivity index (χ3v) is 11.2. The van der Waals surface area contributed by atoms with E-state index in [1.807, 2.05) is 133 Å². The van der Waals surface area contributed by atoms with Gasteiger partial charge in [-0.3, -0.25) is 19.5 Å². The summed E-state index contributed by atoms with van der Waals surface area (Å²) in [6, 6.07) is 29.6. The molecular weight excluding hydrogens is 731 g/mol. The van der Waals surface area contributed by atoms with E-state index in [9.17, 15) is 14.4 Å². The summed E-state index contributed by atoms with van der Waals surface area (Å²) in [6.07, 6.45) is 8.14. The number of pyridine rings is 1. The summed E-state index contributed by atoms with van der Waals surface area (Å²) in [6.45, 7) is 1.25. The summed E-state index contributed by atoms with van der Waals surface area (Å²) in [4.78, 5) is 66.9. The van der Waals surface area contributed by atoms with Crippen molar-refractivity contribution in [2.24, 2.45) is 0 Å². The maximum atomic E-state index is 13.9. The summed E-state index contributed by atoms with van der Waals surface area (Å²) in [5, 5.41) is 2.71. The average Bonchev–Trinajstić information content (AvgIpc) is 4.11. The lowest BCUT2D eigenvalue weighted by Gasteiger charge is -2.31. The van der Waals surface area contributed by atoms with Crippen LogP contribution in [-0.4, -0.2) is 91.8 Å². The Morgan fingerprint density at radius 3 is 1.76 bits per heavy atom. The van der Waals surface area contributed by atoms with Crippen LogP contribution in [0.2, 0.25) is 0 Å². The quantitative estimate of drug-likeness (QED) is 0.124. The first-order valence-corrected chi connectivity index (χ1v) is 19.7. The summed E-state index contributed by atoms with van der Waals surface area (Å²) in [7, 11) is 5.17. The first-order chi connectivity index (χ1) is 28.3. The highest BCUT2D eigenvalue weighted by Crippen LogP contribution is 2.36. The highest BCUT2D eigenvalue weighted by Gasteiger charge is 2.38. The number of imidazole rings is 2. The molecule has 3 aromatic carbocycles. The molecule has 0 bridgehead atoms. The third kappa shape index (κ3) is 7.85. The lowest BCUT2D eigenvalue weighted by Crippen LogP contribution is -2.42. The second-order valence-electron chi connectivity index (χ2n) is 15.0. The van der Waals surface area contributed by atoms with Gasteiger partial charge in [-0.15, -0.1) is 0 Å². The molecule has 0 spiro atoms. The number of H-pyrrole nitrogens is 2. The van der Waals surface area contributed by atoms with E-state index in [1.54, 1.807) is 11.1 Å². The van der Waals surface area contributed by atoms with Gasteiger partial charge in [0.15, 0.2) is 0 Å². The van der Waals surface area contributed by atoms with Crippen molar-refractivity contribution in [2.45, 2.75) is 49.9 Å². The molecule has 8 rings (SSSR count). The second kappa shape index (κ2) is 16.9. The topological polar surface area (TPSA) is 152 Å². The predicted octanol–water partition coefficient (Wildman–Crippen LogP) is 7.26. The van der Waals surface area contributed by atoms with E-state index in [0.29, 0.717) is 24.5 Å². The highest BCUT2D eigenvalue weighted by atomic mass is 16.5. The molecule has 13 nitrogen and oxygen atoms in total. The van der Waals surface area contributed by atoms with Crippen molar-refractivity contribution in [1.82, 2.24) is 44.9 Å². The number of ether oxygens (including phenoxy) is 1. The van der Waals surface area contributed by atoms with E-state index >= 15 is 0 Å². The summed E-state index contributed by atoms with van der Waals surface area (Å²) in [5.74, 6) is 1.36. The van der Waals surface area contributed by atoms with Crippen molar-refractivity contribution in [3.05, 3.63) is 138 Å². The minimum absolute atomic E-state index is 0.0812. The Morgan fingerprint density at radius 1 is 0.672 bits per heavy atom. The Labute approximate surface area is 337 Å². The summed E-state index contributed by atoms with van der Waals surface area (Å²) >= 11 is 0. The number of hydrogen-bond donors (Lipinski definition) is 3. The molecule has 296 valence electrons. The van der Waals surface area contributed by atoms with Crippen LogP contribution < -0.4 is 5.32 Å². The van der Waals surface area contributed by atoms with Gasteiger partial charge in [0.2, 0.25) is 5.91 Å². The maximum absolute atomic E-state index is 13.9. The van der Waals surface area contributed by atoms with Gasteiger partial charge >= 0.3 is 6.09 Å². The normalized spacial score (nSPS) is 17.7. The van der Waals surface area contributed by atoms with E-state index in [0.717, 1.165) is 70.8 Å². The van der Waals surface area contributed by atoms with Crippen molar-refractivity contribution in [3.63, 3.8) is 0 Å². The van der Waals surface area contributed by atoms with Crippen LogP contribution in [0.5, 0.6) is 0 Å². The molecule has 13 heteroatoms. The molecule has 4 atom stereocenters. The van der Waals surface area contributed by atoms with Gasteiger partial charge in [-0.05, 0) is 68.6 Å². The van der Waals surface area contributed by atoms with E-state index in [2.05, 4.69) is 15.3 Å². The first-order valence-electron chi connectivity index (χ1n) is 19.7. The number of nitrogens with zero attached hydrogens (tertiary/aromatic N) is 6. The number of hydrogen-bond acceptors (Lipinski definition) is 8. The molecular formula is C45H47N9O4. The molecule has 2 saturated heterocycles.